The summed E-state index contributed by atoms with van der Waals surface area (Å²) in [7, 11) is 0. The number of nitrogens with zero attached hydrogens (tertiary/aromatic N) is 1. The molecule has 3 heteroatoms. The Morgan fingerprint density at radius 2 is 1.88 bits per heavy atom. The van der Waals surface area contributed by atoms with E-state index >= 15 is 0 Å². The zero-order chi connectivity index (χ0) is 12.5. The van der Waals surface area contributed by atoms with Gasteiger partial charge in [-0.1, -0.05) is 24.3 Å². The second-order valence-electron chi connectivity index (χ2n) is 5.54. The lowest BCUT2D eigenvalue weighted by atomic mass is 9.95. The van der Waals surface area contributed by atoms with Crippen molar-refractivity contribution in [1.29, 1.82) is 0 Å². The second-order valence-corrected chi connectivity index (χ2v) is 5.54. The number of nitrogens with two attached hydrogens (primary N) is 1. The third kappa shape index (κ3) is 2.86. The van der Waals surface area contributed by atoms with Crippen LogP contribution in [0, 0.1) is 0 Å². The Hall–Kier alpha value is -0.900. The molecule has 0 bridgehead atoms. The predicted octanol–water partition coefficient (Wildman–Crippen LogP) is 1.49. The molecular formula is C14H22N2O. The number of rotatable bonds is 4. The largest absolute Gasteiger partial charge is 0.394 e. The van der Waals surface area contributed by atoms with E-state index in [0.29, 0.717) is 6.04 Å². The van der Waals surface area contributed by atoms with Crippen LogP contribution in [0.5, 0.6) is 0 Å². The summed E-state index contributed by atoms with van der Waals surface area (Å²) in [6.07, 6.45) is 0.817. The van der Waals surface area contributed by atoms with Crippen LogP contribution in [0.2, 0.25) is 0 Å². The first-order valence-electron chi connectivity index (χ1n) is 6.22. The summed E-state index contributed by atoms with van der Waals surface area (Å²) < 4.78 is 0. The van der Waals surface area contributed by atoms with Crippen molar-refractivity contribution in [1.82, 2.24) is 4.90 Å². The number of aliphatic hydroxyl groups excluding tert-OH is 1. The van der Waals surface area contributed by atoms with Crippen molar-refractivity contribution in [2.45, 2.75) is 44.9 Å². The first-order chi connectivity index (χ1) is 8.02. The van der Waals surface area contributed by atoms with E-state index in [2.05, 4.69) is 36.1 Å². The highest BCUT2D eigenvalue weighted by Crippen LogP contribution is 2.26. The highest BCUT2D eigenvalue weighted by atomic mass is 16.3. The molecule has 0 radical (unpaired) electrons. The molecule has 2 rings (SSSR count). The summed E-state index contributed by atoms with van der Waals surface area (Å²) in [5, 5.41) is 9.22. The summed E-state index contributed by atoms with van der Waals surface area (Å²) >= 11 is 0. The fraction of sp³-hybridized carbons (Fsp3) is 0.571. The molecule has 0 amide bonds. The number of benzene rings is 1. The van der Waals surface area contributed by atoms with Gasteiger partial charge in [0.05, 0.1) is 6.61 Å². The van der Waals surface area contributed by atoms with E-state index in [0.717, 1.165) is 19.5 Å². The van der Waals surface area contributed by atoms with Crippen molar-refractivity contribution in [3.05, 3.63) is 35.4 Å². The van der Waals surface area contributed by atoms with Gasteiger partial charge in [-0.3, -0.25) is 4.90 Å². The zero-order valence-electron chi connectivity index (χ0n) is 10.7. The monoisotopic (exact) mass is 234 g/mol. The molecule has 1 aromatic carbocycles. The van der Waals surface area contributed by atoms with Crippen LogP contribution in [-0.2, 0) is 13.1 Å². The van der Waals surface area contributed by atoms with E-state index in [1.54, 1.807) is 0 Å². The normalized spacial score (nSPS) is 20.9. The average Bonchev–Trinajstić information content (AvgIpc) is 2.72. The Kier molecular flexibility index (Phi) is 3.52. The molecule has 1 aromatic rings. The van der Waals surface area contributed by atoms with Crippen molar-refractivity contribution in [3.8, 4) is 0 Å². The van der Waals surface area contributed by atoms with Crippen LogP contribution >= 0.6 is 0 Å². The van der Waals surface area contributed by atoms with Crippen molar-refractivity contribution >= 4 is 0 Å². The van der Waals surface area contributed by atoms with E-state index in [4.69, 9.17) is 5.73 Å². The van der Waals surface area contributed by atoms with E-state index in [9.17, 15) is 5.11 Å². The van der Waals surface area contributed by atoms with Crippen molar-refractivity contribution in [3.63, 3.8) is 0 Å². The Morgan fingerprint density at radius 1 is 1.35 bits per heavy atom. The van der Waals surface area contributed by atoms with Gasteiger partial charge in [0.15, 0.2) is 0 Å². The maximum atomic E-state index is 9.22. The molecule has 94 valence electrons. The Bertz CT molecular complexity index is 365. The van der Waals surface area contributed by atoms with Crippen LogP contribution in [0.3, 0.4) is 0 Å². The van der Waals surface area contributed by atoms with Gasteiger partial charge in [-0.05, 0) is 31.4 Å². The van der Waals surface area contributed by atoms with Crippen LogP contribution in [0.1, 0.15) is 31.4 Å². The molecule has 17 heavy (non-hydrogen) atoms. The summed E-state index contributed by atoms with van der Waals surface area (Å²) in [5.41, 5.74) is 8.37. The SMILES string of the molecule is CC(CC(C)(N)CO)N1Cc2ccccc2C1. The van der Waals surface area contributed by atoms with Crippen molar-refractivity contribution < 1.29 is 5.11 Å². The predicted molar refractivity (Wildman–Crippen MR) is 69.4 cm³/mol. The van der Waals surface area contributed by atoms with Crippen LogP contribution in [0.15, 0.2) is 24.3 Å². The third-order valence-corrected chi connectivity index (χ3v) is 3.61. The molecule has 3 nitrogen and oxygen atoms in total. The van der Waals surface area contributed by atoms with Crippen LogP contribution in [-0.4, -0.2) is 28.2 Å². The van der Waals surface area contributed by atoms with E-state index in [-0.39, 0.29) is 6.61 Å². The van der Waals surface area contributed by atoms with Crippen LogP contribution in [0.25, 0.3) is 0 Å². The van der Waals surface area contributed by atoms with Crippen LogP contribution < -0.4 is 5.73 Å². The van der Waals surface area contributed by atoms with Gasteiger partial charge in [0.1, 0.15) is 0 Å². The van der Waals surface area contributed by atoms with Gasteiger partial charge in [0.2, 0.25) is 0 Å². The molecule has 1 aliphatic rings. The molecule has 0 saturated heterocycles. The number of fused-ring (bicyclic) bond motifs is 1. The smallest absolute Gasteiger partial charge is 0.0609 e. The summed E-state index contributed by atoms with van der Waals surface area (Å²) in [5.74, 6) is 0. The van der Waals surface area contributed by atoms with Crippen LogP contribution in [0.4, 0.5) is 0 Å². The van der Waals surface area contributed by atoms with Crippen molar-refractivity contribution in [2.75, 3.05) is 6.61 Å². The maximum absolute atomic E-state index is 9.22. The topological polar surface area (TPSA) is 49.5 Å². The van der Waals surface area contributed by atoms with Gasteiger partial charge in [-0.2, -0.15) is 0 Å². The third-order valence-electron chi connectivity index (χ3n) is 3.61. The van der Waals surface area contributed by atoms with E-state index < -0.39 is 5.54 Å². The fourth-order valence-electron chi connectivity index (χ4n) is 2.54. The molecule has 2 atom stereocenters. The molecule has 2 unspecified atom stereocenters. The zero-order valence-corrected chi connectivity index (χ0v) is 10.7. The number of hydrogen-bond donors (Lipinski definition) is 2. The number of hydrogen-bond acceptors (Lipinski definition) is 3. The lowest BCUT2D eigenvalue weighted by Crippen LogP contribution is -2.46. The fourth-order valence-corrected chi connectivity index (χ4v) is 2.54. The Morgan fingerprint density at radius 3 is 2.35 bits per heavy atom. The standard InChI is InChI=1S/C14H22N2O/c1-11(7-14(2,15)10-17)16-8-12-5-3-4-6-13(12)9-16/h3-6,11,17H,7-10,15H2,1-2H3. The molecule has 0 aromatic heterocycles. The molecule has 3 N–H and O–H groups in total. The van der Waals surface area contributed by atoms with Gasteiger partial charge in [-0.15, -0.1) is 0 Å². The van der Waals surface area contributed by atoms with Crippen molar-refractivity contribution in [2.24, 2.45) is 5.73 Å². The molecule has 1 aliphatic heterocycles. The van der Waals surface area contributed by atoms with Gasteiger partial charge < -0.3 is 10.8 Å². The quantitative estimate of drug-likeness (QED) is 0.830. The van der Waals surface area contributed by atoms with Gasteiger partial charge in [-0.25, -0.2) is 0 Å². The lowest BCUT2D eigenvalue weighted by Gasteiger charge is -2.31. The highest BCUT2D eigenvalue weighted by molar-refractivity contribution is 5.30. The van der Waals surface area contributed by atoms with Gasteiger partial charge in [0, 0.05) is 24.7 Å². The molecule has 0 aliphatic carbocycles. The molecule has 1 heterocycles. The molecular weight excluding hydrogens is 212 g/mol. The molecule has 0 fully saturated rings. The molecule has 0 saturated carbocycles. The second kappa shape index (κ2) is 4.77. The minimum atomic E-state index is -0.478. The van der Waals surface area contributed by atoms with E-state index in [1.165, 1.54) is 11.1 Å². The summed E-state index contributed by atoms with van der Waals surface area (Å²) in [6, 6.07) is 8.96. The average molecular weight is 234 g/mol. The minimum absolute atomic E-state index is 0.0398. The first kappa shape index (κ1) is 12.6. The minimum Gasteiger partial charge on any atom is -0.394 e. The number of aliphatic hydroxyl groups is 1. The van der Waals surface area contributed by atoms with E-state index in [1.807, 2.05) is 6.92 Å². The molecule has 0 spiro atoms. The summed E-state index contributed by atoms with van der Waals surface area (Å²) in [4.78, 5) is 2.42. The first-order valence-corrected chi connectivity index (χ1v) is 6.22. The van der Waals surface area contributed by atoms with Gasteiger partial charge >= 0.3 is 0 Å². The Balaban J connectivity index is 1.99. The van der Waals surface area contributed by atoms with Gasteiger partial charge in [0.25, 0.3) is 0 Å². The highest BCUT2D eigenvalue weighted by Gasteiger charge is 2.27. The Labute approximate surface area is 103 Å². The maximum Gasteiger partial charge on any atom is 0.0609 e. The summed E-state index contributed by atoms with van der Waals surface area (Å²) in [6.45, 7) is 6.13. The lowest BCUT2D eigenvalue weighted by molar-refractivity contribution is 0.136.